The summed E-state index contributed by atoms with van der Waals surface area (Å²) in [5.74, 6) is 6.54. The Morgan fingerprint density at radius 1 is 1.11 bits per heavy atom. The molecular formula is C28H32N6O3. The summed E-state index contributed by atoms with van der Waals surface area (Å²) in [5.41, 5.74) is 6.72. The van der Waals surface area contributed by atoms with Crippen LogP contribution in [-0.4, -0.2) is 46.3 Å². The number of ether oxygens (including phenoxy) is 2. The molecule has 1 aliphatic heterocycles. The van der Waals surface area contributed by atoms with E-state index in [0.717, 1.165) is 23.1 Å². The van der Waals surface area contributed by atoms with Gasteiger partial charge in [0.05, 0.1) is 18.9 Å². The molecule has 1 amide bonds. The van der Waals surface area contributed by atoms with E-state index in [9.17, 15) is 4.79 Å². The van der Waals surface area contributed by atoms with Crippen LogP contribution in [-0.2, 0) is 4.74 Å². The van der Waals surface area contributed by atoms with Crippen molar-refractivity contribution in [1.82, 2.24) is 14.9 Å². The van der Waals surface area contributed by atoms with Crippen molar-refractivity contribution in [2.45, 2.75) is 39.7 Å². The predicted octanol–water partition coefficient (Wildman–Crippen LogP) is 5.59. The number of rotatable bonds is 6. The molecule has 4 rings (SSSR count). The van der Waals surface area contributed by atoms with Crippen molar-refractivity contribution in [2.24, 2.45) is 11.8 Å². The smallest absolute Gasteiger partial charge is 0.410 e. The number of likely N-dealkylation sites (tertiary alicyclic amines) is 1. The van der Waals surface area contributed by atoms with E-state index in [4.69, 9.17) is 31.9 Å². The maximum absolute atomic E-state index is 12.4. The lowest BCUT2D eigenvalue weighted by Gasteiger charge is -2.24. The van der Waals surface area contributed by atoms with Gasteiger partial charge in [0.1, 0.15) is 11.3 Å². The van der Waals surface area contributed by atoms with Crippen LogP contribution in [0.5, 0.6) is 5.88 Å². The molecule has 1 saturated heterocycles. The molecule has 0 spiro atoms. The van der Waals surface area contributed by atoms with E-state index in [-0.39, 0.29) is 17.9 Å². The summed E-state index contributed by atoms with van der Waals surface area (Å²) in [4.78, 5) is 27.2. The van der Waals surface area contributed by atoms with Gasteiger partial charge in [-0.15, -0.1) is 0 Å². The van der Waals surface area contributed by atoms with E-state index in [1.165, 1.54) is 0 Å². The number of hydrogen-bond acceptors (Lipinski definition) is 7. The predicted molar refractivity (Wildman–Crippen MR) is 143 cm³/mol. The van der Waals surface area contributed by atoms with Crippen molar-refractivity contribution < 1.29 is 14.3 Å². The molecular weight excluding hydrogens is 468 g/mol. The molecule has 0 unspecified atom stereocenters. The number of nitrogen functional groups attached to an aromatic ring is 1. The minimum absolute atomic E-state index is 0.123. The van der Waals surface area contributed by atoms with Gasteiger partial charge in [-0.2, -0.15) is 0 Å². The number of nitrogens with two attached hydrogens (primary N) is 1. The Bertz CT molecular complexity index is 1290. The molecule has 2 aromatic carbocycles. The molecule has 1 aromatic heterocycles. The number of anilines is 1. The SMILES string of the molecule is [C-]#[N+]c1ccc(-c2nc(OC[C@@H]3CCN(C(=O)OC(C)(C)C)C3)c(NN)nc2-c2ccc(C)cc2)cc1. The lowest BCUT2D eigenvalue weighted by Crippen LogP contribution is -2.35. The monoisotopic (exact) mass is 500 g/mol. The second-order valence-electron chi connectivity index (χ2n) is 10.1. The van der Waals surface area contributed by atoms with Crippen LogP contribution in [0, 0.1) is 19.4 Å². The normalized spacial score (nSPS) is 15.2. The Hall–Kier alpha value is -4.16. The van der Waals surface area contributed by atoms with Gasteiger partial charge in [-0.1, -0.05) is 54.1 Å². The molecule has 1 fully saturated rings. The van der Waals surface area contributed by atoms with Crippen LogP contribution in [0.1, 0.15) is 32.8 Å². The van der Waals surface area contributed by atoms with E-state index in [2.05, 4.69) is 10.3 Å². The van der Waals surface area contributed by atoms with Crippen molar-refractivity contribution in [1.29, 1.82) is 0 Å². The van der Waals surface area contributed by atoms with E-state index in [1.807, 2.05) is 64.1 Å². The highest BCUT2D eigenvalue weighted by atomic mass is 16.6. The molecule has 0 aliphatic carbocycles. The number of hydrogen-bond donors (Lipinski definition) is 2. The molecule has 1 aliphatic rings. The Morgan fingerprint density at radius 2 is 1.73 bits per heavy atom. The van der Waals surface area contributed by atoms with Crippen LogP contribution in [0.15, 0.2) is 48.5 Å². The number of aromatic nitrogens is 2. The molecule has 0 saturated carbocycles. The fourth-order valence-corrected chi connectivity index (χ4v) is 4.08. The summed E-state index contributed by atoms with van der Waals surface area (Å²) in [6, 6.07) is 15.2. The number of carbonyl (C=O) groups is 1. The van der Waals surface area contributed by atoms with Gasteiger partial charge < -0.3 is 19.8 Å². The average Bonchev–Trinajstić information content (AvgIpc) is 3.36. The number of aryl methyl sites for hydroxylation is 1. The minimum Gasteiger partial charge on any atom is -0.475 e. The van der Waals surface area contributed by atoms with Gasteiger partial charge in [-0.25, -0.2) is 25.5 Å². The van der Waals surface area contributed by atoms with Crippen molar-refractivity contribution >= 4 is 17.6 Å². The standard InChI is InChI=1S/C28H32N6O3/c1-18-6-8-20(9-7-18)23-24(21-10-12-22(30-5)13-11-21)32-26(25(31-23)33-29)36-17-19-14-15-34(16-19)27(35)37-28(2,3)4/h6-13,19H,14-17,29H2,1-4H3,(H,31,33)/t19-/m1/s1. The van der Waals surface area contributed by atoms with E-state index in [1.54, 1.807) is 17.0 Å². The highest BCUT2D eigenvalue weighted by Gasteiger charge is 2.30. The van der Waals surface area contributed by atoms with E-state index < -0.39 is 5.60 Å². The first kappa shape index (κ1) is 25.9. The fourth-order valence-electron chi connectivity index (χ4n) is 4.08. The number of carbonyl (C=O) groups excluding carboxylic acids is 1. The van der Waals surface area contributed by atoms with Gasteiger partial charge in [0, 0.05) is 30.1 Å². The molecule has 3 aromatic rings. The van der Waals surface area contributed by atoms with Crippen LogP contribution in [0.4, 0.5) is 16.3 Å². The molecule has 1 atom stereocenters. The summed E-state index contributed by atoms with van der Waals surface area (Å²) in [6.07, 6.45) is 0.483. The minimum atomic E-state index is -0.536. The molecule has 37 heavy (non-hydrogen) atoms. The lowest BCUT2D eigenvalue weighted by atomic mass is 10.0. The largest absolute Gasteiger partial charge is 0.475 e. The first-order valence-corrected chi connectivity index (χ1v) is 12.2. The van der Waals surface area contributed by atoms with Crippen LogP contribution in [0.25, 0.3) is 27.4 Å². The average molecular weight is 501 g/mol. The Morgan fingerprint density at radius 3 is 2.32 bits per heavy atom. The van der Waals surface area contributed by atoms with Gasteiger partial charge in [-0.3, -0.25) is 0 Å². The third kappa shape index (κ3) is 6.35. The van der Waals surface area contributed by atoms with Crippen molar-refractivity contribution in [3.8, 4) is 28.4 Å². The van der Waals surface area contributed by atoms with Crippen molar-refractivity contribution in [3.63, 3.8) is 0 Å². The summed E-state index contributed by atoms with van der Waals surface area (Å²) < 4.78 is 11.6. The Balaban J connectivity index is 1.60. The molecule has 0 bridgehead atoms. The van der Waals surface area contributed by atoms with Crippen LogP contribution >= 0.6 is 0 Å². The summed E-state index contributed by atoms with van der Waals surface area (Å²) in [7, 11) is 0. The second-order valence-corrected chi connectivity index (χ2v) is 10.1. The highest BCUT2D eigenvalue weighted by molar-refractivity contribution is 5.80. The summed E-state index contributed by atoms with van der Waals surface area (Å²) in [6.45, 7) is 16.3. The molecule has 3 N–H and O–H groups in total. The number of hydrazine groups is 1. The molecule has 9 nitrogen and oxygen atoms in total. The lowest BCUT2D eigenvalue weighted by molar-refractivity contribution is 0.0284. The van der Waals surface area contributed by atoms with Gasteiger partial charge in [-0.05, 0) is 34.1 Å². The third-order valence-corrected chi connectivity index (χ3v) is 5.99. The molecule has 0 radical (unpaired) electrons. The van der Waals surface area contributed by atoms with Gasteiger partial charge >= 0.3 is 6.09 Å². The fraction of sp³-hybridized carbons (Fsp3) is 0.357. The number of benzene rings is 2. The van der Waals surface area contributed by atoms with E-state index in [0.29, 0.717) is 42.6 Å². The van der Waals surface area contributed by atoms with E-state index >= 15 is 0 Å². The zero-order valence-electron chi connectivity index (χ0n) is 21.6. The summed E-state index contributed by atoms with van der Waals surface area (Å²) >= 11 is 0. The molecule has 2 heterocycles. The van der Waals surface area contributed by atoms with Crippen LogP contribution in [0.2, 0.25) is 0 Å². The van der Waals surface area contributed by atoms with Crippen LogP contribution < -0.4 is 16.0 Å². The van der Waals surface area contributed by atoms with Gasteiger partial charge in [0.15, 0.2) is 5.69 Å². The Kier molecular flexibility index (Phi) is 7.60. The first-order valence-electron chi connectivity index (χ1n) is 12.2. The van der Waals surface area contributed by atoms with Crippen LogP contribution in [0.3, 0.4) is 0 Å². The maximum Gasteiger partial charge on any atom is 0.410 e. The first-order chi connectivity index (χ1) is 17.7. The third-order valence-electron chi connectivity index (χ3n) is 5.99. The summed E-state index contributed by atoms with van der Waals surface area (Å²) in [5, 5.41) is 0. The zero-order chi connectivity index (χ0) is 26.6. The zero-order valence-corrected chi connectivity index (χ0v) is 21.6. The Labute approximate surface area is 217 Å². The highest BCUT2D eigenvalue weighted by Crippen LogP contribution is 2.35. The van der Waals surface area contributed by atoms with Crippen molar-refractivity contribution in [2.75, 3.05) is 25.1 Å². The maximum atomic E-state index is 12.4. The molecule has 192 valence electrons. The number of amides is 1. The second kappa shape index (κ2) is 10.8. The van der Waals surface area contributed by atoms with Crippen molar-refractivity contribution in [3.05, 3.63) is 65.5 Å². The quantitative estimate of drug-likeness (QED) is 0.258. The van der Waals surface area contributed by atoms with Gasteiger partial charge in [0.25, 0.3) is 5.88 Å². The number of nitrogens with one attached hydrogen (secondary N) is 1. The molecule has 9 heteroatoms. The topological polar surface area (TPSA) is 107 Å². The van der Waals surface area contributed by atoms with Gasteiger partial charge in [0.2, 0.25) is 5.82 Å². The number of nitrogens with zero attached hydrogens (tertiary/aromatic N) is 4.